The summed E-state index contributed by atoms with van der Waals surface area (Å²) in [7, 11) is 0. The maximum Gasteiger partial charge on any atom is 0.433 e. The van der Waals surface area contributed by atoms with Crippen LogP contribution in [0.4, 0.5) is 13.2 Å². The van der Waals surface area contributed by atoms with Crippen LogP contribution in [0, 0.1) is 5.92 Å². The van der Waals surface area contributed by atoms with Gasteiger partial charge in [-0.1, -0.05) is 13.8 Å². The number of aromatic nitrogens is 3. The number of hydrogen-bond donors (Lipinski definition) is 0. The second-order valence-corrected chi connectivity index (χ2v) is 8.03. The average Bonchev–Trinajstić information content (AvgIpc) is 3.33. The van der Waals surface area contributed by atoms with Gasteiger partial charge < -0.3 is 9.64 Å². The highest BCUT2D eigenvalue weighted by Crippen LogP contribution is 2.33. The average molecular weight is 382 g/mol. The first-order valence-corrected chi connectivity index (χ1v) is 9.59. The van der Waals surface area contributed by atoms with Gasteiger partial charge in [0, 0.05) is 37.4 Å². The van der Waals surface area contributed by atoms with Crippen LogP contribution in [0.15, 0.2) is 12.1 Å². The van der Waals surface area contributed by atoms with E-state index < -0.39 is 11.9 Å². The van der Waals surface area contributed by atoms with E-state index in [9.17, 15) is 13.2 Å². The highest BCUT2D eigenvalue weighted by molar-refractivity contribution is 5.44. The van der Waals surface area contributed by atoms with Crippen molar-refractivity contribution in [2.24, 2.45) is 5.92 Å². The first-order valence-electron chi connectivity index (χ1n) is 9.59. The van der Waals surface area contributed by atoms with Crippen molar-refractivity contribution in [1.82, 2.24) is 19.5 Å². The summed E-state index contributed by atoms with van der Waals surface area (Å²) in [5, 5.41) is 4.31. The molecule has 4 heterocycles. The van der Waals surface area contributed by atoms with E-state index in [1.54, 1.807) is 6.07 Å². The van der Waals surface area contributed by atoms with Gasteiger partial charge in [-0.05, 0) is 37.3 Å². The molecule has 0 spiro atoms. The largest absolute Gasteiger partial charge is 0.433 e. The van der Waals surface area contributed by atoms with Gasteiger partial charge in [-0.2, -0.15) is 18.3 Å². The zero-order valence-corrected chi connectivity index (χ0v) is 15.7. The van der Waals surface area contributed by atoms with Crippen molar-refractivity contribution in [1.29, 1.82) is 0 Å². The topological polar surface area (TPSA) is 42.7 Å². The molecule has 2 saturated heterocycles. The Kier molecular flexibility index (Phi) is 4.88. The molecule has 0 aromatic carbocycles. The molecule has 2 aliphatic heterocycles. The molecule has 5 nitrogen and oxygen atoms in total. The van der Waals surface area contributed by atoms with Crippen LogP contribution in [-0.2, 0) is 10.9 Å². The quantitative estimate of drug-likeness (QED) is 0.809. The molecule has 2 aromatic heterocycles. The van der Waals surface area contributed by atoms with Crippen LogP contribution in [0.25, 0.3) is 5.65 Å². The third-order valence-corrected chi connectivity index (χ3v) is 5.58. The Morgan fingerprint density at radius 3 is 2.74 bits per heavy atom. The van der Waals surface area contributed by atoms with E-state index in [2.05, 4.69) is 15.0 Å². The lowest BCUT2D eigenvalue weighted by atomic mass is 10.1. The van der Waals surface area contributed by atoms with Gasteiger partial charge in [0.15, 0.2) is 5.65 Å². The SMILES string of the molecule is CC(C)c1cc(C(F)(F)F)n2nc([C@H]3CCN(C[C@@H]4CCOC4)C3)cc2n1. The summed E-state index contributed by atoms with van der Waals surface area (Å²) < 4.78 is 47.0. The molecule has 2 aliphatic rings. The first kappa shape index (κ1) is 18.7. The van der Waals surface area contributed by atoms with Crippen LogP contribution >= 0.6 is 0 Å². The van der Waals surface area contributed by atoms with E-state index in [1.165, 1.54) is 0 Å². The Morgan fingerprint density at radius 1 is 1.26 bits per heavy atom. The van der Waals surface area contributed by atoms with Crippen LogP contribution < -0.4 is 0 Å². The van der Waals surface area contributed by atoms with Crippen LogP contribution in [0.5, 0.6) is 0 Å². The van der Waals surface area contributed by atoms with E-state index in [0.29, 0.717) is 17.3 Å². The molecule has 0 radical (unpaired) electrons. The van der Waals surface area contributed by atoms with E-state index in [0.717, 1.165) is 56.3 Å². The molecule has 0 saturated carbocycles. The molecule has 27 heavy (non-hydrogen) atoms. The van der Waals surface area contributed by atoms with Crippen molar-refractivity contribution >= 4 is 5.65 Å². The van der Waals surface area contributed by atoms with E-state index in [1.807, 2.05) is 13.8 Å². The molecular weight excluding hydrogens is 357 g/mol. The summed E-state index contributed by atoms with van der Waals surface area (Å²) in [5.74, 6) is 0.638. The molecule has 0 amide bonds. The Morgan fingerprint density at radius 2 is 2.07 bits per heavy atom. The number of halogens is 3. The molecule has 148 valence electrons. The molecule has 4 rings (SSSR count). The van der Waals surface area contributed by atoms with E-state index >= 15 is 0 Å². The van der Waals surface area contributed by atoms with Crippen molar-refractivity contribution in [2.45, 2.75) is 44.7 Å². The number of hydrogen-bond acceptors (Lipinski definition) is 4. The normalized spacial score (nSPS) is 24.5. The Balaban J connectivity index is 1.59. The number of nitrogens with zero attached hydrogens (tertiary/aromatic N) is 4. The monoisotopic (exact) mass is 382 g/mol. The highest BCUT2D eigenvalue weighted by Gasteiger charge is 2.36. The maximum atomic E-state index is 13.5. The molecule has 2 fully saturated rings. The molecular formula is C19H25F3N4O. The van der Waals surface area contributed by atoms with Crippen LogP contribution in [0.2, 0.25) is 0 Å². The molecule has 2 atom stereocenters. The molecule has 8 heteroatoms. The molecule has 0 aliphatic carbocycles. The third-order valence-electron chi connectivity index (χ3n) is 5.58. The van der Waals surface area contributed by atoms with Crippen LogP contribution in [-0.4, -0.2) is 52.3 Å². The minimum atomic E-state index is -4.46. The van der Waals surface area contributed by atoms with Gasteiger partial charge >= 0.3 is 6.18 Å². The zero-order chi connectivity index (χ0) is 19.2. The predicted molar refractivity (Wildman–Crippen MR) is 94.8 cm³/mol. The van der Waals surface area contributed by atoms with E-state index in [-0.39, 0.29) is 17.5 Å². The van der Waals surface area contributed by atoms with Crippen LogP contribution in [0.1, 0.15) is 55.6 Å². The van der Waals surface area contributed by atoms with Crippen molar-refractivity contribution in [3.8, 4) is 0 Å². The number of ether oxygens (including phenoxy) is 1. The Labute approximate surface area is 156 Å². The van der Waals surface area contributed by atoms with Crippen molar-refractivity contribution < 1.29 is 17.9 Å². The lowest BCUT2D eigenvalue weighted by molar-refractivity contribution is -0.142. The minimum Gasteiger partial charge on any atom is -0.381 e. The Hall–Kier alpha value is -1.67. The fourth-order valence-corrected chi connectivity index (χ4v) is 4.04. The minimum absolute atomic E-state index is 0.0787. The number of fused-ring (bicyclic) bond motifs is 1. The summed E-state index contributed by atoms with van der Waals surface area (Å²) in [5.41, 5.74) is 0.682. The van der Waals surface area contributed by atoms with Crippen molar-refractivity contribution in [2.75, 3.05) is 32.8 Å². The second-order valence-electron chi connectivity index (χ2n) is 8.03. The Bertz CT molecular complexity index is 811. The molecule has 0 N–H and O–H groups in total. The van der Waals surface area contributed by atoms with Crippen molar-refractivity contribution in [3.05, 3.63) is 29.2 Å². The zero-order valence-electron chi connectivity index (χ0n) is 15.7. The smallest absolute Gasteiger partial charge is 0.381 e. The third kappa shape index (κ3) is 3.82. The molecule has 0 unspecified atom stereocenters. The molecule has 2 aromatic rings. The summed E-state index contributed by atoms with van der Waals surface area (Å²) in [4.78, 5) is 6.79. The van der Waals surface area contributed by atoms with Crippen molar-refractivity contribution in [3.63, 3.8) is 0 Å². The highest BCUT2D eigenvalue weighted by atomic mass is 19.4. The van der Waals surface area contributed by atoms with Gasteiger partial charge in [0.2, 0.25) is 0 Å². The number of likely N-dealkylation sites (tertiary alicyclic amines) is 1. The summed E-state index contributed by atoms with van der Waals surface area (Å²) in [6, 6.07) is 2.85. The fraction of sp³-hybridized carbons (Fsp3) is 0.684. The van der Waals surface area contributed by atoms with Gasteiger partial charge in [-0.3, -0.25) is 0 Å². The second kappa shape index (κ2) is 7.05. The summed E-state index contributed by atoms with van der Waals surface area (Å²) in [6.45, 7) is 8.11. The van der Waals surface area contributed by atoms with Crippen LogP contribution in [0.3, 0.4) is 0 Å². The number of rotatable bonds is 4. The predicted octanol–water partition coefficient (Wildman–Crippen LogP) is 3.70. The summed E-state index contributed by atoms with van der Waals surface area (Å²) >= 11 is 0. The number of alkyl halides is 3. The maximum absolute atomic E-state index is 13.5. The van der Waals surface area contributed by atoms with Gasteiger partial charge in [0.25, 0.3) is 0 Å². The van der Waals surface area contributed by atoms with Gasteiger partial charge in [0.05, 0.1) is 12.3 Å². The lowest BCUT2D eigenvalue weighted by Crippen LogP contribution is -2.27. The first-order chi connectivity index (χ1) is 12.8. The van der Waals surface area contributed by atoms with E-state index in [4.69, 9.17) is 4.74 Å². The fourth-order valence-electron chi connectivity index (χ4n) is 4.04. The standard InChI is InChI=1S/C19H25F3N4O/c1-12(2)15-7-17(19(20,21)22)26-18(23-15)8-16(24-26)14-3-5-25(10-14)9-13-4-6-27-11-13/h7-8,12-14H,3-6,9-11H2,1-2H3/t13-,14-/m0/s1. The van der Waals surface area contributed by atoms with Gasteiger partial charge in [-0.25, -0.2) is 9.50 Å². The van der Waals surface area contributed by atoms with Gasteiger partial charge in [0.1, 0.15) is 5.69 Å². The molecule has 0 bridgehead atoms. The summed E-state index contributed by atoms with van der Waals surface area (Å²) in [6.07, 6.45) is -2.46. The van der Waals surface area contributed by atoms with Gasteiger partial charge in [-0.15, -0.1) is 0 Å². The lowest BCUT2D eigenvalue weighted by Gasteiger charge is -2.18.